The van der Waals surface area contributed by atoms with Crippen LogP contribution in [0.5, 0.6) is 5.75 Å². The van der Waals surface area contributed by atoms with Gasteiger partial charge in [0.25, 0.3) is 5.91 Å². The molecule has 0 bridgehead atoms. The number of carbonyl (C=O) groups is 6. The maximum atomic E-state index is 14.5. The monoisotopic (exact) mass is 1020 g/mol. The maximum absolute atomic E-state index is 14.5. The minimum Gasteiger partial charge on any atom is -0.490 e. The molecule has 8 N–H and O–H groups in total. The van der Waals surface area contributed by atoms with Crippen molar-refractivity contribution in [1.29, 1.82) is 0 Å². The summed E-state index contributed by atoms with van der Waals surface area (Å²) in [5, 5.41) is 8.64. The second kappa shape index (κ2) is 21.4. The minimum absolute atomic E-state index is 0.0676. The van der Waals surface area contributed by atoms with Gasteiger partial charge in [0, 0.05) is 74.6 Å². The van der Waals surface area contributed by atoms with E-state index in [2.05, 4.69) is 30.7 Å². The minimum atomic E-state index is -5.84. The average Bonchev–Trinajstić information content (AvgIpc) is 3.96. The molecule has 0 aliphatic carbocycles. The quantitative estimate of drug-likeness (QED) is 0.0627. The summed E-state index contributed by atoms with van der Waals surface area (Å²) in [6.07, 6.45) is 2.23. The maximum Gasteiger partial charge on any atom is 0.399 e. The topological polar surface area (TPSA) is 260 Å². The van der Waals surface area contributed by atoms with Gasteiger partial charge >= 0.3 is 13.3 Å². The van der Waals surface area contributed by atoms with Gasteiger partial charge in [-0.15, -0.1) is 0 Å². The zero-order valence-electron chi connectivity index (χ0n) is 39.0. The number of primary amides is 1. The number of anilines is 1. The summed E-state index contributed by atoms with van der Waals surface area (Å²) in [5.74, 6) is -2.85. The number of ether oxygens (including phenoxy) is 1. The van der Waals surface area contributed by atoms with Crippen molar-refractivity contribution in [3.05, 3.63) is 94.1 Å². The van der Waals surface area contributed by atoms with E-state index in [1.165, 1.54) is 17.0 Å². The van der Waals surface area contributed by atoms with Crippen LogP contribution in [0.3, 0.4) is 0 Å². The Morgan fingerprint density at radius 3 is 2.46 bits per heavy atom. The number of nitrogens with one attached hydrogen (secondary N) is 4. The van der Waals surface area contributed by atoms with Gasteiger partial charge in [0.2, 0.25) is 29.5 Å². The third kappa shape index (κ3) is 11.6. The van der Waals surface area contributed by atoms with Crippen LogP contribution in [0, 0.1) is 0 Å². The lowest BCUT2D eigenvalue weighted by molar-refractivity contribution is -0.143. The summed E-state index contributed by atoms with van der Waals surface area (Å²) in [6.45, 7) is 3.90. The molecule has 0 radical (unpaired) electrons. The van der Waals surface area contributed by atoms with Crippen molar-refractivity contribution in [2.24, 2.45) is 5.73 Å². The highest BCUT2D eigenvalue weighted by Gasteiger charge is 2.50. The fourth-order valence-corrected chi connectivity index (χ4v) is 10.8. The van der Waals surface area contributed by atoms with E-state index in [-0.39, 0.29) is 66.4 Å². The van der Waals surface area contributed by atoms with Gasteiger partial charge in [0.05, 0.1) is 17.6 Å². The predicted octanol–water partition coefficient (Wildman–Crippen LogP) is 3.51. The highest BCUT2D eigenvalue weighted by molar-refractivity contribution is 7.52. The summed E-state index contributed by atoms with van der Waals surface area (Å²) in [6, 6.07) is 14.3. The van der Waals surface area contributed by atoms with Crippen molar-refractivity contribution < 1.29 is 56.6 Å². The second-order valence-electron chi connectivity index (χ2n) is 18.7. The van der Waals surface area contributed by atoms with Gasteiger partial charge in [0.15, 0.2) is 0 Å². The van der Waals surface area contributed by atoms with E-state index in [1.807, 2.05) is 41.3 Å². The molecule has 380 valence electrons. The number of benzene rings is 3. The number of nitrogens with zero attached hydrogens (tertiary/aromatic N) is 4. The number of piperidine rings is 1. The molecule has 71 heavy (non-hydrogen) atoms. The van der Waals surface area contributed by atoms with Gasteiger partial charge in [-0.05, 0) is 87.2 Å². The number of alkyl halides is 2. The fraction of sp³-hybridized carbons (Fsp3) is 0.458. The van der Waals surface area contributed by atoms with E-state index in [0.29, 0.717) is 82.1 Å². The Balaban J connectivity index is 0.903. The number of carbonyl (C=O) groups excluding carboxylic acids is 6. The predicted molar refractivity (Wildman–Crippen MR) is 258 cm³/mol. The van der Waals surface area contributed by atoms with Crippen LogP contribution in [0.2, 0.25) is 5.02 Å². The van der Waals surface area contributed by atoms with Crippen LogP contribution in [0.25, 0.3) is 10.9 Å². The number of hydrogen-bond acceptors (Lipinski definition) is 11. The van der Waals surface area contributed by atoms with Crippen molar-refractivity contribution in [1.82, 2.24) is 35.6 Å². The van der Waals surface area contributed by atoms with Crippen molar-refractivity contribution >= 4 is 71.2 Å². The standard InChI is InChI=1S/C48H57ClF2N9O10P/c1-57-18-17-32-11-14-39(60(32)47(66)37(26-57)55-45(64)36-24-29-23-30(9-13-35(29)54-36)48(50,51)71(67,68)69)46(65)53-31(10-15-41(52)61)27-70-40-8-4-7-38(43(40)49)59-21-19-58(20-22-59)25-28-5-2-3-6-33(28)34-12-16-42(62)56-44(34)63/h2-9,13,23-24,31-32,34,37,39,54H,10-12,14-22,25-27H2,1H3,(H2,52,61)(H,53,65)(H,55,64)(H,56,62,63)(H2,67,68,69)/t31-,32+,34?,37-,39-/m0/s1. The first-order valence-corrected chi connectivity index (χ1v) is 25.5. The van der Waals surface area contributed by atoms with E-state index in [9.17, 15) is 51.9 Å². The van der Waals surface area contributed by atoms with E-state index in [1.54, 1.807) is 13.1 Å². The molecular formula is C48H57ClF2N9O10P. The number of H-pyrrole nitrogens is 1. The molecule has 4 aromatic rings. The molecule has 23 heteroatoms. The van der Waals surface area contributed by atoms with Crippen molar-refractivity contribution in [3.8, 4) is 5.75 Å². The molecule has 4 aliphatic rings. The van der Waals surface area contributed by atoms with Gasteiger partial charge in [0.1, 0.15) is 35.2 Å². The number of imide groups is 1. The Bertz CT molecular complexity index is 2750. The number of aromatic nitrogens is 1. The zero-order valence-corrected chi connectivity index (χ0v) is 40.6. The number of rotatable bonds is 16. The molecular weight excluding hydrogens is 967 g/mol. The third-order valence-corrected chi connectivity index (χ3v) is 15.2. The molecule has 5 atom stereocenters. The fourth-order valence-electron chi connectivity index (χ4n) is 9.99. The van der Waals surface area contributed by atoms with Crippen molar-refractivity contribution in [3.63, 3.8) is 0 Å². The van der Waals surface area contributed by atoms with Crippen molar-refractivity contribution in [2.45, 2.75) is 87.2 Å². The number of likely N-dealkylation sites (N-methyl/N-ethyl adjacent to an activating group) is 1. The van der Waals surface area contributed by atoms with Crippen LogP contribution in [0.1, 0.15) is 78.0 Å². The van der Waals surface area contributed by atoms with Crippen LogP contribution in [0.4, 0.5) is 14.5 Å². The van der Waals surface area contributed by atoms with Gasteiger partial charge < -0.3 is 50.6 Å². The highest BCUT2D eigenvalue weighted by atomic mass is 35.5. The molecule has 4 aliphatic heterocycles. The van der Waals surface area contributed by atoms with E-state index in [0.717, 1.165) is 28.9 Å². The first-order chi connectivity index (χ1) is 33.8. The molecule has 0 saturated carbocycles. The number of halogens is 3. The summed E-state index contributed by atoms with van der Waals surface area (Å²) >= 11 is 7.00. The Hall–Kier alpha value is -5.96. The van der Waals surface area contributed by atoms with Crippen LogP contribution >= 0.6 is 19.2 Å². The van der Waals surface area contributed by atoms with Crippen molar-refractivity contribution in [2.75, 3.05) is 57.8 Å². The first kappa shape index (κ1) is 51.4. The second-order valence-corrected chi connectivity index (χ2v) is 20.7. The molecule has 0 spiro atoms. The summed E-state index contributed by atoms with van der Waals surface area (Å²) in [4.78, 5) is 108. The van der Waals surface area contributed by atoms with Crippen LogP contribution in [-0.2, 0) is 40.7 Å². The SMILES string of the molecule is CN1CC[C@H]2CC[C@@H](C(=O)N[C@@H](CCC(N)=O)COc3cccc(N4CCN(Cc5ccccc5C5CCC(=O)NC5=O)CC4)c3Cl)N2C(=O)[C@@H](NC(=O)c2cc3cc(C(F)(F)P(=O)(O)O)ccc3[nH]2)C1. The van der Waals surface area contributed by atoms with Crippen LogP contribution in [0.15, 0.2) is 66.7 Å². The third-order valence-electron chi connectivity index (χ3n) is 13.8. The van der Waals surface area contributed by atoms with E-state index in [4.69, 9.17) is 22.1 Å². The Kier molecular flexibility index (Phi) is 15.5. The molecule has 4 fully saturated rings. The molecule has 8 rings (SSSR count). The molecule has 5 heterocycles. The summed E-state index contributed by atoms with van der Waals surface area (Å²) < 4.78 is 46.7. The number of aromatic amines is 1. The molecule has 3 aromatic carbocycles. The lowest BCUT2D eigenvalue weighted by Crippen LogP contribution is -2.60. The number of piperazine rings is 1. The summed E-state index contributed by atoms with van der Waals surface area (Å²) in [5.41, 5.74) is 3.01. The number of hydrogen-bond donors (Lipinski definition) is 7. The summed E-state index contributed by atoms with van der Waals surface area (Å²) in [7, 11) is -4.04. The number of fused-ring (bicyclic) bond motifs is 2. The Morgan fingerprint density at radius 2 is 1.73 bits per heavy atom. The van der Waals surface area contributed by atoms with Gasteiger partial charge in [-0.3, -0.25) is 43.5 Å². The largest absolute Gasteiger partial charge is 0.490 e. The lowest BCUT2D eigenvalue weighted by Gasteiger charge is -2.38. The average molecular weight is 1020 g/mol. The van der Waals surface area contributed by atoms with Crippen LogP contribution < -0.4 is 31.3 Å². The number of amides is 6. The highest BCUT2D eigenvalue weighted by Crippen LogP contribution is 2.59. The molecule has 1 aromatic heterocycles. The van der Waals surface area contributed by atoms with Gasteiger partial charge in [-0.1, -0.05) is 48.0 Å². The lowest BCUT2D eigenvalue weighted by atomic mass is 9.87. The Labute approximate surface area is 412 Å². The molecule has 1 unspecified atom stereocenters. The molecule has 19 nitrogen and oxygen atoms in total. The molecule has 4 saturated heterocycles. The van der Waals surface area contributed by atoms with E-state index < -0.39 is 60.6 Å². The Morgan fingerprint density at radius 1 is 0.972 bits per heavy atom. The first-order valence-electron chi connectivity index (χ1n) is 23.5. The zero-order chi connectivity index (χ0) is 50.8. The molecule has 6 amide bonds. The van der Waals surface area contributed by atoms with Gasteiger partial charge in [-0.2, -0.15) is 8.78 Å². The van der Waals surface area contributed by atoms with Gasteiger partial charge in [-0.25, -0.2) is 0 Å². The number of nitrogens with two attached hydrogens (primary N) is 1. The van der Waals surface area contributed by atoms with Crippen LogP contribution in [-0.4, -0.2) is 142 Å². The smallest absolute Gasteiger partial charge is 0.399 e. The normalized spacial score (nSPS) is 22.1. The van der Waals surface area contributed by atoms with E-state index >= 15 is 0 Å².